The van der Waals surface area contributed by atoms with Crippen LogP contribution in [-0.4, -0.2) is 19.7 Å². The molecule has 1 N–H and O–H groups in total. The lowest BCUT2D eigenvalue weighted by Crippen LogP contribution is -2.30. The van der Waals surface area contributed by atoms with Crippen molar-refractivity contribution >= 4 is 28.3 Å². The number of hydrogen-bond donors (Lipinski definition) is 1. The molecule has 1 aliphatic rings. The highest BCUT2D eigenvalue weighted by Gasteiger charge is 2.13. The Balaban J connectivity index is 0.00000162. The van der Waals surface area contributed by atoms with Crippen LogP contribution in [0.3, 0.4) is 0 Å². The predicted molar refractivity (Wildman–Crippen MR) is 77.1 cm³/mol. The molecule has 2 nitrogen and oxygen atoms in total. The molecule has 102 valence electrons. The number of rotatable bonds is 4. The minimum atomic E-state index is -0.304. The van der Waals surface area contributed by atoms with Gasteiger partial charge < -0.3 is 10.1 Å². The van der Waals surface area contributed by atoms with Gasteiger partial charge in [-0.25, -0.2) is 4.39 Å². The molecule has 5 heteroatoms. The van der Waals surface area contributed by atoms with Gasteiger partial charge in [-0.1, -0.05) is 15.9 Å². The normalized spacial score (nSPS) is 19.1. The number of halogens is 3. The molecule has 0 saturated carbocycles. The summed E-state index contributed by atoms with van der Waals surface area (Å²) >= 11 is 3.22. The van der Waals surface area contributed by atoms with Crippen LogP contribution in [0.4, 0.5) is 4.39 Å². The molecule has 1 aromatic carbocycles. The summed E-state index contributed by atoms with van der Waals surface area (Å²) in [5.41, 5.74) is 0. The van der Waals surface area contributed by atoms with Gasteiger partial charge in [0, 0.05) is 4.47 Å². The van der Waals surface area contributed by atoms with Crippen LogP contribution < -0.4 is 10.1 Å². The molecule has 1 atom stereocenters. The van der Waals surface area contributed by atoms with Gasteiger partial charge in [0.25, 0.3) is 0 Å². The van der Waals surface area contributed by atoms with E-state index in [0.717, 1.165) is 24.0 Å². The third kappa shape index (κ3) is 4.75. The second kappa shape index (κ2) is 7.97. The maximum atomic E-state index is 13.4. The average Bonchev–Trinajstić information content (AvgIpc) is 2.33. The minimum Gasteiger partial charge on any atom is -0.491 e. The molecule has 1 fully saturated rings. The maximum Gasteiger partial charge on any atom is 0.166 e. The van der Waals surface area contributed by atoms with Crippen molar-refractivity contribution in [3.63, 3.8) is 0 Å². The lowest BCUT2D eigenvalue weighted by atomic mass is 9.97. The molecule has 1 aliphatic heterocycles. The average molecular weight is 339 g/mol. The van der Waals surface area contributed by atoms with Crippen molar-refractivity contribution in [2.45, 2.75) is 19.3 Å². The van der Waals surface area contributed by atoms with Crippen LogP contribution in [0, 0.1) is 11.7 Å². The molecule has 2 rings (SSSR count). The fourth-order valence-corrected chi connectivity index (χ4v) is 2.43. The van der Waals surface area contributed by atoms with Crippen LogP contribution in [-0.2, 0) is 0 Å². The minimum absolute atomic E-state index is 0. The van der Waals surface area contributed by atoms with Crippen molar-refractivity contribution in [3.8, 4) is 5.75 Å². The van der Waals surface area contributed by atoms with E-state index < -0.39 is 0 Å². The van der Waals surface area contributed by atoms with Crippen molar-refractivity contribution in [3.05, 3.63) is 28.5 Å². The van der Waals surface area contributed by atoms with Crippen LogP contribution in [0.2, 0.25) is 0 Å². The van der Waals surface area contributed by atoms with Crippen LogP contribution >= 0.6 is 28.3 Å². The van der Waals surface area contributed by atoms with Gasteiger partial charge in [0.1, 0.15) is 0 Å². The molecule has 1 heterocycles. The van der Waals surface area contributed by atoms with E-state index in [0.29, 0.717) is 18.3 Å². The van der Waals surface area contributed by atoms with E-state index in [9.17, 15) is 4.39 Å². The second-order valence-electron chi connectivity index (χ2n) is 4.42. The van der Waals surface area contributed by atoms with Crippen LogP contribution in [0.25, 0.3) is 0 Å². The zero-order valence-corrected chi connectivity index (χ0v) is 12.5. The molecule has 0 amide bonds. The first-order valence-corrected chi connectivity index (χ1v) is 6.83. The largest absolute Gasteiger partial charge is 0.491 e. The van der Waals surface area contributed by atoms with Gasteiger partial charge in [0.15, 0.2) is 11.6 Å². The molecule has 0 bridgehead atoms. The van der Waals surface area contributed by atoms with Crippen molar-refractivity contribution < 1.29 is 9.13 Å². The highest BCUT2D eigenvalue weighted by atomic mass is 79.9. The maximum absolute atomic E-state index is 13.4. The van der Waals surface area contributed by atoms with Gasteiger partial charge in [0.2, 0.25) is 0 Å². The summed E-state index contributed by atoms with van der Waals surface area (Å²) in [4.78, 5) is 0. The summed E-state index contributed by atoms with van der Waals surface area (Å²) < 4.78 is 19.7. The van der Waals surface area contributed by atoms with E-state index in [4.69, 9.17) is 4.74 Å². The molecule has 1 unspecified atom stereocenters. The lowest BCUT2D eigenvalue weighted by Gasteiger charge is -2.22. The van der Waals surface area contributed by atoms with Crippen molar-refractivity contribution in [2.75, 3.05) is 19.7 Å². The van der Waals surface area contributed by atoms with E-state index >= 15 is 0 Å². The van der Waals surface area contributed by atoms with E-state index in [1.54, 1.807) is 12.1 Å². The quantitative estimate of drug-likeness (QED) is 0.902. The smallest absolute Gasteiger partial charge is 0.166 e. The number of ether oxygens (including phenoxy) is 1. The molecule has 1 saturated heterocycles. The van der Waals surface area contributed by atoms with Gasteiger partial charge in [-0.15, -0.1) is 12.4 Å². The summed E-state index contributed by atoms with van der Waals surface area (Å²) in [7, 11) is 0. The van der Waals surface area contributed by atoms with Gasteiger partial charge in [-0.3, -0.25) is 0 Å². The molecular weight excluding hydrogens is 321 g/mol. The topological polar surface area (TPSA) is 21.3 Å². The van der Waals surface area contributed by atoms with Gasteiger partial charge in [0.05, 0.1) is 6.61 Å². The Morgan fingerprint density at radius 2 is 2.28 bits per heavy atom. The van der Waals surface area contributed by atoms with E-state index in [2.05, 4.69) is 21.2 Å². The Morgan fingerprint density at radius 1 is 1.44 bits per heavy atom. The summed E-state index contributed by atoms with van der Waals surface area (Å²) in [5.74, 6) is 0.709. The highest BCUT2D eigenvalue weighted by Crippen LogP contribution is 2.22. The number of nitrogens with one attached hydrogen (secondary N) is 1. The zero-order valence-electron chi connectivity index (χ0n) is 10.1. The first-order chi connectivity index (χ1) is 8.25. The molecular formula is C13H18BrClFNO. The Morgan fingerprint density at radius 3 is 2.94 bits per heavy atom. The van der Waals surface area contributed by atoms with E-state index in [1.807, 2.05) is 0 Å². The molecule has 0 radical (unpaired) electrons. The first-order valence-electron chi connectivity index (χ1n) is 6.04. The number of benzene rings is 1. The van der Waals surface area contributed by atoms with Crippen LogP contribution in [0.5, 0.6) is 5.75 Å². The zero-order chi connectivity index (χ0) is 12.1. The fourth-order valence-electron chi connectivity index (χ4n) is 2.10. The molecule has 1 aromatic rings. The van der Waals surface area contributed by atoms with Crippen molar-refractivity contribution in [1.82, 2.24) is 5.32 Å². The van der Waals surface area contributed by atoms with Crippen molar-refractivity contribution in [2.24, 2.45) is 5.92 Å². The van der Waals surface area contributed by atoms with Gasteiger partial charge in [-0.05, 0) is 56.5 Å². The number of hydrogen-bond acceptors (Lipinski definition) is 2. The van der Waals surface area contributed by atoms with E-state index in [1.165, 1.54) is 18.9 Å². The Hall–Kier alpha value is -0.320. The van der Waals surface area contributed by atoms with Crippen LogP contribution in [0.15, 0.2) is 22.7 Å². The van der Waals surface area contributed by atoms with Gasteiger partial charge >= 0.3 is 0 Å². The van der Waals surface area contributed by atoms with Crippen molar-refractivity contribution in [1.29, 1.82) is 0 Å². The summed E-state index contributed by atoms with van der Waals surface area (Å²) in [5, 5.41) is 3.37. The third-order valence-electron chi connectivity index (χ3n) is 3.08. The summed E-state index contributed by atoms with van der Waals surface area (Å²) in [6.45, 7) is 2.77. The summed E-state index contributed by atoms with van der Waals surface area (Å²) in [6.07, 6.45) is 3.47. The second-order valence-corrected chi connectivity index (χ2v) is 5.34. The number of piperidine rings is 1. The predicted octanol–water partition coefficient (Wildman–Crippen LogP) is 3.78. The Labute approximate surface area is 122 Å². The standard InChI is InChI=1S/C13H17BrFNO.ClH/c14-11-3-4-13(12(15)8-11)17-7-5-10-2-1-6-16-9-10;/h3-4,8,10,16H,1-2,5-7,9H2;1H. The molecule has 0 spiro atoms. The monoisotopic (exact) mass is 337 g/mol. The Kier molecular flexibility index (Phi) is 6.97. The third-order valence-corrected chi connectivity index (χ3v) is 3.57. The molecule has 0 aromatic heterocycles. The summed E-state index contributed by atoms with van der Waals surface area (Å²) in [6, 6.07) is 4.89. The van der Waals surface area contributed by atoms with E-state index in [-0.39, 0.29) is 18.2 Å². The fraction of sp³-hybridized carbons (Fsp3) is 0.538. The Bertz CT molecular complexity index is 372. The highest BCUT2D eigenvalue weighted by molar-refractivity contribution is 9.10. The first kappa shape index (κ1) is 15.7. The van der Waals surface area contributed by atoms with Crippen LogP contribution in [0.1, 0.15) is 19.3 Å². The lowest BCUT2D eigenvalue weighted by molar-refractivity contribution is 0.246. The molecule has 0 aliphatic carbocycles. The van der Waals surface area contributed by atoms with Gasteiger partial charge in [-0.2, -0.15) is 0 Å². The molecule has 18 heavy (non-hydrogen) atoms. The SMILES string of the molecule is Cl.Fc1cc(Br)ccc1OCCC1CCCNC1.